The molecule has 5 N–H and O–H groups in total. The molecule has 1 unspecified atom stereocenters. The fourth-order valence-corrected chi connectivity index (χ4v) is 5.82. The van der Waals surface area contributed by atoms with Crippen molar-refractivity contribution in [2.24, 2.45) is 5.92 Å². The topological polar surface area (TPSA) is 139 Å². The van der Waals surface area contributed by atoms with Crippen molar-refractivity contribution >= 4 is 32.3 Å². The molecule has 202 valence electrons. The molecule has 3 heterocycles. The number of ether oxygens (including phenoxy) is 1. The third kappa shape index (κ3) is 6.37. The van der Waals surface area contributed by atoms with Gasteiger partial charge in [0.05, 0.1) is 5.00 Å². The van der Waals surface area contributed by atoms with E-state index in [4.69, 9.17) is 10.5 Å². The summed E-state index contributed by atoms with van der Waals surface area (Å²) >= 11 is 0.852. The number of hydrogen-bond acceptors (Lipinski definition) is 9. The van der Waals surface area contributed by atoms with Crippen LogP contribution in [-0.4, -0.2) is 61.6 Å². The van der Waals surface area contributed by atoms with Crippen LogP contribution in [0.25, 0.3) is 0 Å². The molecule has 2 aromatic rings. The quantitative estimate of drug-likeness (QED) is 0.342. The van der Waals surface area contributed by atoms with Crippen LogP contribution in [0.15, 0.2) is 28.7 Å². The molecule has 1 aliphatic heterocycles. The highest BCUT2D eigenvalue weighted by Gasteiger charge is 2.71. The zero-order valence-corrected chi connectivity index (χ0v) is 20.1. The Morgan fingerprint density at radius 3 is 2.19 bits per heavy atom. The van der Waals surface area contributed by atoms with Crippen LogP contribution in [0.5, 0.6) is 0 Å². The Morgan fingerprint density at radius 2 is 1.69 bits per heavy atom. The second kappa shape index (κ2) is 10.6. The Bertz CT molecular complexity index is 1100. The zero-order chi connectivity index (χ0) is 26.8. The van der Waals surface area contributed by atoms with E-state index in [1.165, 1.54) is 12.1 Å². The number of nitrogens with one attached hydrogen (secondary N) is 2. The zero-order valence-electron chi connectivity index (χ0n) is 18.4. The molecule has 17 heteroatoms. The second-order valence-electron chi connectivity index (χ2n) is 8.14. The summed E-state index contributed by atoms with van der Waals surface area (Å²) in [7, 11) is -3.93. The van der Waals surface area contributed by atoms with Gasteiger partial charge in [0.1, 0.15) is 4.21 Å². The third-order valence-corrected chi connectivity index (χ3v) is 8.40. The Balaban J connectivity index is 1.79. The number of aliphatic hydroxyl groups is 1. The lowest BCUT2D eigenvalue weighted by atomic mass is 9.92. The van der Waals surface area contributed by atoms with Crippen LogP contribution >= 0.6 is 11.3 Å². The van der Waals surface area contributed by atoms with Gasteiger partial charge in [0.15, 0.2) is 0 Å². The molecule has 3 rings (SSSR count). The van der Waals surface area contributed by atoms with Gasteiger partial charge in [0.2, 0.25) is 16.0 Å². The van der Waals surface area contributed by atoms with Gasteiger partial charge in [-0.3, -0.25) is 0 Å². The highest BCUT2D eigenvalue weighted by atomic mass is 32.2. The lowest BCUT2D eigenvalue weighted by Gasteiger charge is -2.32. The molecule has 0 amide bonds. The largest absolute Gasteiger partial charge is 0.430 e. The van der Waals surface area contributed by atoms with Gasteiger partial charge in [-0.05, 0) is 37.3 Å². The fourth-order valence-electron chi connectivity index (χ4n) is 3.60. The average Bonchev–Trinajstić information content (AvgIpc) is 3.24. The van der Waals surface area contributed by atoms with Crippen LogP contribution in [0.2, 0.25) is 0 Å². The van der Waals surface area contributed by atoms with E-state index in [0.717, 1.165) is 11.3 Å². The van der Waals surface area contributed by atoms with Crippen molar-refractivity contribution in [3.05, 3.63) is 30.1 Å². The number of sulfonamides is 1. The van der Waals surface area contributed by atoms with E-state index in [1.807, 2.05) is 0 Å². The second-order valence-corrected chi connectivity index (χ2v) is 11.3. The Hall–Kier alpha value is -2.21. The van der Waals surface area contributed by atoms with E-state index < -0.39 is 39.6 Å². The molecular weight excluding hydrogens is 540 g/mol. The van der Waals surface area contributed by atoms with Gasteiger partial charge >= 0.3 is 12.4 Å². The van der Waals surface area contributed by atoms with Gasteiger partial charge in [-0.1, -0.05) is 0 Å². The van der Waals surface area contributed by atoms with Crippen LogP contribution in [0.1, 0.15) is 24.8 Å². The summed E-state index contributed by atoms with van der Waals surface area (Å²) in [5, 5.41) is 12.5. The predicted molar refractivity (Wildman–Crippen MR) is 118 cm³/mol. The van der Waals surface area contributed by atoms with Gasteiger partial charge in [-0.15, -0.1) is 11.3 Å². The maximum Gasteiger partial charge on any atom is 0.430 e. The van der Waals surface area contributed by atoms with E-state index in [0.29, 0.717) is 37.5 Å². The predicted octanol–water partition coefficient (Wildman–Crippen LogP) is 3.01. The SMILES string of the molecule is Nc1ccc(S(=O)(=O)NCC(CC2CCOCC2)Nc2ncc(C(O)(C(F)(F)F)C(F)(F)F)cn2)s1. The highest BCUT2D eigenvalue weighted by Crippen LogP contribution is 2.49. The molecule has 36 heavy (non-hydrogen) atoms. The van der Waals surface area contributed by atoms with Crippen LogP contribution in [-0.2, 0) is 20.4 Å². The number of rotatable bonds is 9. The van der Waals surface area contributed by atoms with Gasteiger partial charge in [-0.25, -0.2) is 23.1 Å². The molecule has 1 atom stereocenters. The van der Waals surface area contributed by atoms with E-state index in [2.05, 4.69) is 20.0 Å². The summed E-state index contributed by atoms with van der Waals surface area (Å²) in [4.78, 5) is 7.02. The minimum Gasteiger partial charge on any atom is -0.391 e. The molecule has 0 saturated carbocycles. The van der Waals surface area contributed by atoms with Crippen LogP contribution in [0.3, 0.4) is 0 Å². The van der Waals surface area contributed by atoms with E-state index in [1.54, 1.807) is 0 Å². The van der Waals surface area contributed by atoms with Crippen molar-refractivity contribution in [2.75, 3.05) is 30.8 Å². The molecule has 2 aromatic heterocycles. The molecule has 0 radical (unpaired) electrons. The molecule has 0 bridgehead atoms. The minimum absolute atomic E-state index is 0.0241. The summed E-state index contributed by atoms with van der Waals surface area (Å²) in [6.45, 7) is 0.810. The lowest BCUT2D eigenvalue weighted by molar-refractivity contribution is -0.376. The molecule has 1 saturated heterocycles. The number of thiophene rings is 1. The summed E-state index contributed by atoms with van der Waals surface area (Å²) in [5.41, 5.74) is -1.18. The van der Waals surface area contributed by atoms with Gasteiger partial charge < -0.3 is 20.9 Å². The lowest BCUT2D eigenvalue weighted by Crippen LogP contribution is -2.54. The Kier molecular flexibility index (Phi) is 8.39. The standard InChI is InChI=1S/C19H23F6N5O4S2/c20-18(21,22)17(31,19(23,24)25)12-8-27-16(28-9-12)30-13(7-11-3-5-34-6-4-11)10-29-36(32,33)15-2-1-14(26)35-15/h1-2,8-9,11,13,29,31H,3-7,10,26H2,(H,27,28,30). The number of alkyl halides is 6. The molecule has 9 nitrogen and oxygen atoms in total. The van der Waals surface area contributed by atoms with Crippen molar-refractivity contribution in [3.63, 3.8) is 0 Å². The number of nitrogens with two attached hydrogens (primary N) is 1. The maximum absolute atomic E-state index is 13.1. The van der Waals surface area contributed by atoms with Crippen molar-refractivity contribution in [1.82, 2.24) is 14.7 Å². The van der Waals surface area contributed by atoms with Crippen LogP contribution < -0.4 is 15.8 Å². The smallest absolute Gasteiger partial charge is 0.391 e. The fraction of sp³-hybridized carbons (Fsp3) is 0.579. The van der Waals surface area contributed by atoms with Gasteiger partial charge in [0.25, 0.3) is 5.60 Å². The van der Waals surface area contributed by atoms with Gasteiger partial charge in [0, 0.05) is 43.8 Å². The van der Waals surface area contributed by atoms with Gasteiger partial charge in [-0.2, -0.15) is 26.3 Å². The minimum atomic E-state index is -6.07. The summed E-state index contributed by atoms with van der Waals surface area (Å²) < 4.78 is 111. The Morgan fingerprint density at radius 1 is 1.11 bits per heavy atom. The molecule has 1 fully saturated rings. The first-order chi connectivity index (χ1) is 16.6. The number of nitrogen functional groups attached to an aromatic ring is 1. The maximum atomic E-state index is 13.1. The number of hydrogen-bond donors (Lipinski definition) is 4. The first-order valence-electron chi connectivity index (χ1n) is 10.5. The number of anilines is 2. The van der Waals surface area contributed by atoms with Crippen LogP contribution in [0.4, 0.5) is 37.3 Å². The molecule has 1 aliphatic rings. The van der Waals surface area contributed by atoms with Crippen LogP contribution in [0, 0.1) is 5.92 Å². The monoisotopic (exact) mass is 563 g/mol. The molecule has 0 aliphatic carbocycles. The van der Waals surface area contributed by atoms with Crippen molar-refractivity contribution < 1.29 is 44.6 Å². The summed E-state index contributed by atoms with van der Waals surface area (Å²) in [6, 6.07) is 2.08. The number of halogens is 6. The molecular formula is C19H23F6N5O4S2. The first-order valence-corrected chi connectivity index (χ1v) is 12.8. The van der Waals surface area contributed by atoms with E-state index in [9.17, 15) is 39.9 Å². The average molecular weight is 564 g/mol. The summed E-state index contributed by atoms with van der Waals surface area (Å²) in [6.07, 6.45) is -9.95. The normalized spacial score (nSPS) is 17.2. The van der Waals surface area contributed by atoms with Crippen molar-refractivity contribution in [2.45, 2.75) is 47.5 Å². The first kappa shape index (κ1) is 28.4. The highest BCUT2D eigenvalue weighted by molar-refractivity contribution is 7.91. The van der Waals surface area contributed by atoms with Crippen molar-refractivity contribution in [3.8, 4) is 0 Å². The number of aromatic nitrogens is 2. The number of nitrogens with zero attached hydrogens (tertiary/aromatic N) is 2. The summed E-state index contributed by atoms with van der Waals surface area (Å²) in [5.74, 6) is -0.236. The molecule has 0 spiro atoms. The Labute approximate surface area is 206 Å². The van der Waals surface area contributed by atoms with E-state index >= 15 is 0 Å². The van der Waals surface area contributed by atoms with E-state index in [-0.39, 0.29) is 35.0 Å². The van der Waals surface area contributed by atoms with Crippen molar-refractivity contribution in [1.29, 1.82) is 0 Å². The third-order valence-electron chi connectivity index (χ3n) is 5.57. The molecule has 0 aromatic carbocycles.